The number of hydrogen-bond acceptors (Lipinski definition) is 7. The van der Waals surface area contributed by atoms with Crippen molar-refractivity contribution in [2.24, 2.45) is 0 Å². The summed E-state index contributed by atoms with van der Waals surface area (Å²) in [6.45, 7) is 11.9. The number of hydrogen-bond donors (Lipinski definition) is 0. The van der Waals surface area contributed by atoms with Crippen molar-refractivity contribution < 1.29 is 21.6 Å². The van der Waals surface area contributed by atoms with Crippen molar-refractivity contribution in [3.05, 3.63) is 58.2 Å². The van der Waals surface area contributed by atoms with Crippen molar-refractivity contribution in [1.29, 1.82) is 0 Å². The number of piperidine rings is 1. The van der Waals surface area contributed by atoms with E-state index in [1.54, 1.807) is 56.3 Å². The van der Waals surface area contributed by atoms with Crippen LogP contribution in [0.15, 0.2) is 41.4 Å². The maximum absolute atomic E-state index is 13.2. The molecule has 0 amide bonds. The maximum Gasteiger partial charge on any atom is 0.216 e. The smallest absolute Gasteiger partial charge is 0.216 e. The molecule has 8 nitrogen and oxygen atoms in total. The number of aryl methyl sites for hydroxylation is 1. The molecule has 0 aliphatic carbocycles. The molecule has 5 rings (SSSR count). The van der Waals surface area contributed by atoms with Crippen LogP contribution in [0.25, 0.3) is 22.6 Å². The van der Waals surface area contributed by atoms with Gasteiger partial charge in [-0.3, -0.25) is 0 Å². The van der Waals surface area contributed by atoms with Gasteiger partial charge in [0.05, 0.1) is 37.9 Å². The molecule has 2 aliphatic rings. The zero-order valence-corrected chi connectivity index (χ0v) is 27.3. The summed E-state index contributed by atoms with van der Waals surface area (Å²) in [5.74, 6) is 1.36. The van der Waals surface area contributed by atoms with Crippen molar-refractivity contribution >= 4 is 31.5 Å². The summed E-state index contributed by atoms with van der Waals surface area (Å²) in [7, 11) is -6.88. The molecule has 1 fully saturated rings. The molecule has 3 heterocycles. The summed E-state index contributed by atoms with van der Waals surface area (Å²) < 4.78 is 59.8. The van der Waals surface area contributed by atoms with Gasteiger partial charge in [0.25, 0.3) is 0 Å². The minimum Gasteiger partial charge on any atom is -0.489 e. The molecule has 0 saturated carbocycles. The van der Waals surface area contributed by atoms with Crippen LogP contribution in [-0.4, -0.2) is 60.8 Å². The molecule has 42 heavy (non-hydrogen) atoms. The molecule has 0 bridgehead atoms. The number of fused-ring (bicyclic) bond motifs is 1. The van der Waals surface area contributed by atoms with E-state index in [1.165, 1.54) is 11.8 Å². The predicted octanol–water partition coefficient (Wildman–Crippen LogP) is 6.20. The number of benzene rings is 2. The third-order valence-corrected chi connectivity index (χ3v) is 13.1. The van der Waals surface area contributed by atoms with Gasteiger partial charge in [0.15, 0.2) is 15.7 Å². The molecular formula is C31H38ClN3O5S2. The van der Waals surface area contributed by atoms with Gasteiger partial charge in [-0.15, -0.1) is 0 Å². The number of sulfonamides is 1. The third-order valence-electron chi connectivity index (χ3n) is 8.31. The second-order valence-electron chi connectivity index (χ2n) is 11.8. The van der Waals surface area contributed by atoms with Crippen LogP contribution >= 0.6 is 11.6 Å². The average molecular weight is 632 g/mol. The lowest BCUT2D eigenvalue weighted by Gasteiger charge is -2.34. The van der Waals surface area contributed by atoms with E-state index < -0.39 is 30.4 Å². The molecule has 3 aromatic rings. The van der Waals surface area contributed by atoms with Crippen molar-refractivity contribution in [3.8, 4) is 28.4 Å². The van der Waals surface area contributed by atoms with E-state index in [9.17, 15) is 16.8 Å². The van der Waals surface area contributed by atoms with Crippen molar-refractivity contribution in [3.63, 3.8) is 0 Å². The Hall–Kier alpha value is -2.53. The summed E-state index contributed by atoms with van der Waals surface area (Å²) in [5, 5.41) is -0.785. The fourth-order valence-corrected chi connectivity index (χ4v) is 8.79. The van der Waals surface area contributed by atoms with Gasteiger partial charge in [-0.25, -0.2) is 31.1 Å². The molecule has 1 atom stereocenters. The second kappa shape index (κ2) is 11.5. The topological polar surface area (TPSA) is 107 Å². The van der Waals surface area contributed by atoms with E-state index in [0.29, 0.717) is 30.2 Å². The zero-order valence-electron chi connectivity index (χ0n) is 24.9. The Morgan fingerprint density at radius 1 is 1.00 bits per heavy atom. The number of ether oxygens (including phenoxy) is 1. The highest BCUT2D eigenvalue weighted by Crippen LogP contribution is 2.46. The first-order valence-electron chi connectivity index (χ1n) is 14.4. The lowest BCUT2D eigenvalue weighted by Crippen LogP contribution is -2.41. The molecule has 0 radical (unpaired) electrons. The fraction of sp³-hybridized carbons (Fsp3) is 0.484. The van der Waals surface area contributed by atoms with Crippen LogP contribution < -0.4 is 4.74 Å². The predicted molar refractivity (Wildman–Crippen MR) is 166 cm³/mol. The van der Waals surface area contributed by atoms with Crippen LogP contribution in [0, 0.1) is 6.92 Å². The first kappa shape index (κ1) is 30.9. The van der Waals surface area contributed by atoms with Gasteiger partial charge >= 0.3 is 0 Å². The number of nitrogens with zero attached hydrogens (tertiary/aromatic N) is 3. The van der Waals surface area contributed by atoms with Crippen LogP contribution in [0.3, 0.4) is 0 Å². The lowest BCUT2D eigenvalue weighted by molar-refractivity contribution is 0.255. The van der Waals surface area contributed by atoms with Gasteiger partial charge in [-0.2, -0.15) is 0 Å². The molecule has 226 valence electrons. The van der Waals surface area contributed by atoms with Crippen LogP contribution in [0.4, 0.5) is 0 Å². The van der Waals surface area contributed by atoms with Gasteiger partial charge in [0, 0.05) is 30.6 Å². The van der Waals surface area contributed by atoms with E-state index in [4.69, 9.17) is 21.3 Å². The van der Waals surface area contributed by atoms with Crippen LogP contribution in [0.2, 0.25) is 5.02 Å². The number of rotatable bonds is 7. The lowest BCUT2D eigenvalue weighted by atomic mass is 9.82. The van der Waals surface area contributed by atoms with Gasteiger partial charge in [0.1, 0.15) is 11.9 Å². The Morgan fingerprint density at radius 2 is 1.67 bits per heavy atom. The largest absolute Gasteiger partial charge is 0.489 e. The summed E-state index contributed by atoms with van der Waals surface area (Å²) in [5.41, 5.74) is 4.93. The molecule has 0 N–H and O–H groups in total. The maximum atomic E-state index is 13.2. The van der Waals surface area contributed by atoms with Crippen LogP contribution in [-0.2, 0) is 26.3 Å². The van der Waals surface area contributed by atoms with Crippen molar-refractivity contribution in [2.45, 2.75) is 88.2 Å². The Labute approximate surface area is 254 Å². The number of sulfone groups is 1. The fourth-order valence-electron chi connectivity index (χ4n) is 6.03. The van der Waals surface area contributed by atoms with Crippen LogP contribution in [0.1, 0.15) is 70.1 Å². The van der Waals surface area contributed by atoms with E-state index >= 15 is 0 Å². The Kier molecular flexibility index (Phi) is 8.48. The van der Waals surface area contributed by atoms with Crippen LogP contribution in [0.5, 0.6) is 5.75 Å². The van der Waals surface area contributed by atoms with Gasteiger partial charge < -0.3 is 4.74 Å². The molecule has 2 aliphatic heterocycles. The molecular weight excluding hydrogens is 594 g/mol. The van der Waals surface area contributed by atoms with Gasteiger partial charge in [-0.1, -0.05) is 29.8 Å². The van der Waals surface area contributed by atoms with Gasteiger partial charge in [0.2, 0.25) is 10.0 Å². The Balaban J connectivity index is 1.57. The normalized spacial score (nSPS) is 18.5. The summed E-state index contributed by atoms with van der Waals surface area (Å²) in [4.78, 5) is 9.56. The molecule has 1 aromatic heterocycles. The summed E-state index contributed by atoms with van der Waals surface area (Å²) >= 11 is 6.58. The zero-order chi connectivity index (χ0) is 30.6. The molecule has 0 spiro atoms. The van der Waals surface area contributed by atoms with E-state index in [2.05, 4.69) is 11.9 Å². The van der Waals surface area contributed by atoms with Crippen molar-refractivity contribution in [1.82, 2.24) is 14.3 Å². The Morgan fingerprint density at radius 3 is 2.31 bits per heavy atom. The number of halogens is 1. The molecule has 1 unspecified atom stereocenters. The third kappa shape index (κ3) is 5.47. The second-order valence-corrected chi connectivity index (χ2v) is 17.2. The van der Waals surface area contributed by atoms with E-state index in [0.717, 1.165) is 41.7 Å². The Bertz CT molecular complexity index is 1730. The molecule has 1 saturated heterocycles. The molecule has 11 heteroatoms. The van der Waals surface area contributed by atoms with Crippen molar-refractivity contribution in [2.75, 3.05) is 13.1 Å². The highest BCUT2D eigenvalue weighted by Gasteiger charge is 2.35. The quantitative estimate of drug-likeness (QED) is 0.306. The minimum atomic E-state index is -3.59. The monoisotopic (exact) mass is 631 g/mol. The molecule has 2 aromatic carbocycles. The van der Waals surface area contributed by atoms with E-state index in [1.807, 2.05) is 13.0 Å². The number of aromatic nitrogens is 2. The average Bonchev–Trinajstić information content (AvgIpc) is 3.33. The van der Waals surface area contributed by atoms with E-state index in [-0.39, 0.29) is 21.9 Å². The first-order valence-corrected chi connectivity index (χ1v) is 17.8. The standard InChI is InChI=1S/C31H38ClN3O5S2/c1-18(2)41(36,37)27-10-8-7-9-23(27)29-26(32)17-33-31(34-29)25-15-20(5)28(24-16-21(6)40-30(24)25)22-11-13-35(14-12-22)42(38,39)19(3)4/h7-10,15,17-19,21-22H,11-14,16H2,1-6H3. The summed E-state index contributed by atoms with van der Waals surface area (Å²) in [6.07, 6.45) is 3.70. The SMILES string of the molecule is Cc1cc(-c2ncc(Cl)c(-c3ccccc3S(=O)(=O)C(C)C)n2)c2c(c1C1CCN(S(=O)(=O)C(C)C)CC1)CC(C)O2. The first-order chi connectivity index (χ1) is 19.7. The summed E-state index contributed by atoms with van der Waals surface area (Å²) in [6, 6.07) is 8.80. The van der Waals surface area contributed by atoms with Gasteiger partial charge in [-0.05, 0) is 83.6 Å². The highest BCUT2D eigenvalue weighted by molar-refractivity contribution is 7.92. The minimum absolute atomic E-state index is 0.0376. The highest BCUT2D eigenvalue weighted by atomic mass is 35.5.